The Kier molecular flexibility index (Phi) is 5.74. The molecule has 0 amide bonds. The number of carbonyl (C=O) groups is 1. The first-order valence-electron chi connectivity index (χ1n) is 5.80. The molecule has 0 aromatic heterocycles. The highest BCUT2D eigenvalue weighted by molar-refractivity contribution is 9.10. The van der Waals surface area contributed by atoms with Crippen LogP contribution in [0.5, 0.6) is 0 Å². The minimum atomic E-state index is -3.84. The monoisotopic (exact) mass is 359 g/mol. The van der Waals surface area contributed by atoms with E-state index in [1.807, 2.05) is 6.92 Å². The van der Waals surface area contributed by atoms with Gasteiger partial charge in [-0.25, -0.2) is 17.9 Å². The summed E-state index contributed by atoms with van der Waals surface area (Å²) >= 11 is 3.11. The van der Waals surface area contributed by atoms with Crippen LogP contribution in [0.3, 0.4) is 0 Å². The van der Waals surface area contributed by atoms with Crippen molar-refractivity contribution in [2.24, 2.45) is 0 Å². The van der Waals surface area contributed by atoms with Crippen molar-refractivity contribution >= 4 is 31.9 Å². The molecule has 0 bridgehead atoms. The lowest BCUT2D eigenvalue weighted by Gasteiger charge is -2.15. The topological polar surface area (TPSA) is 83.5 Å². The zero-order chi connectivity index (χ0) is 15.3. The fourth-order valence-electron chi connectivity index (χ4n) is 1.54. The summed E-state index contributed by atoms with van der Waals surface area (Å²) in [6.07, 6.45) is 6.00. The standard InChI is InChI=1S/C13H14BrNO4S/c1-3-5-10(4-2)15-20(18,19)12-8-9(13(16)17)6-7-11(12)14/h1,6-8,10,15H,4-5H2,2H3,(H,16,17). The van der Waals surface area contributed by atoms with Crippen LogP contribution in [0.4, 0.5) is 0 Å². The third-order valence-electron chi connectivity index (χ3n) is 2.65. The Bertz CT molecular complexity index is 649. The van der Waals surface area contributed by atoms with Gasteiger partial charge in [0.15, 0.2) is 0 Å². The molecule has 1 aromatic rings. The van der Waals surface area contributed by atoms with Gasteiger partial charge in [0.1, 0.15) is 0 Å². The molecule has 2 N–H and O–H groups in total. The van der Waals surface area contributed by atoms with Gasteiger partial charge in [-0.3, -0.25) is 0 Å². The van der Waals surface area contributed by atoms with Gasteiger partial charge in [-0.05, 0) is 40.5 Å². The smallest absolute Gasteiger partial charge is 0.335 e. The van der Waals surface area contributed by atoms with Gasteiger partial charge < -0.3 is 5.11 Å². The van der Waals surface area contributed by atoms with Gasteiger partial charge in [-0.1, -0.05) is 6.92 Å². The first-order chi connectivity index (χ1) is 9.31. The SMILES string of the molecule is C#CCC(CC)NS(=O)(=O)c1cc(C(=O)O)ccc1Br. The summed E-state index contributed by atoms with van der Waals surface area (Å²) in [5.74, 6) is 1.21. The van der Waals surface area contributed by atoms with Gasteiger partial charge in [0.2, 0.25) is 10.0 Å². The summed E-state index contributed by atoms with van der Waals surface area (Å²) in [7, 11) is -3.84. The minimum Gasteiger partial charge on any atom is -0.478 e. The average molecular weight is 360 g/mol. The lowest BCUT2D eigenvalue weighted by molar-refractivity contribution is 0.0696. The lowest BCUT2D eigenvalue weighted by Crippen LogP contribution is -2.34. The molecule has 0 aliphatic heterocycles. The predicted molar refractivity (Wildman–Crippen MR) is 79.0 cm³/mol. The van der Waals surface area contributed by atoms with Crippen LogP contribution in [0, 0.1) is 12.3 Å². The van der Waals surface area contributed by atoms with Crippen molar-refractivity contribution in [3.05, 3.63) is 28.2 Å². The third kappa shape index (κ3) is 4.07. The maximum Gasteiger partial charge on any atom is 0.335 e. The number of nitrogens with one attached hydrogen (secondary N) is 1. The summed E-state index contributed by atoms with van der Waals surface area (Å²) in [4.78, 5) is 10.8. The number of halogens is 1. The van der Waals surface area contributed by atoms with Crippen LogP contribution < -0.4 is 4.72 Å². The van der Waals surface area contributed by atoms with Gasteiger partial charge in [0, 0.05) is 16.9 Å². The number of carboxylic acids is 1. The van der Waals surface area contributed by atoms with Crippen molar-refractivity contribution in [3.63, 3.8) is 0 Å². The zero-order valence-electron chi connectivity index (χ0n) is 10.8. The normalized spacial score (nSPS) is 12.7. The Balaban J connectivity index is 3.18. The molecule has 0 fully saturated rings. The predicted octanol–water partition coefficient (Wildman–Crippen LogP) is 2.23. The molecule has 1 unspecified atom stereocenters. The number of hydrogen-bond donors (Lipinski definition) is 2. The molecule has 1 atom stereocenters. The Morgan fingerprint density at radius 1 is 1.55 bits per heavy atom. The number of rotatable bonds is 6. The van der Waals surface area contributed by atoms with E-state index >= 15 is 0 Å². The summed E-state index contributed by atoms with van der Waals surface area (Å²) in [5.41, 5.74) is -0.0985. The first kappa shape index (κ1) is 16.7. The van der Waals surface area contributed by atoms with E-state index in [-0.39, 0.29) is 22.9 Å². The molecule has 0 saturated heterocycles. The largest absolute Gasteiger partial charge is 0.478 e. The van der Waals surface area contributed by atoms with Crippen molar-refractivity contribution in [3.8, 4) is 12.3 Å². The summed E-state index contributed by atoms with van der Waals surface area (Å²) in [6, 6.07) is 3.44. The summed E-state index contributed by atoms with van der Waals surface area (Å²) in [5, 5.41) is 8.92. The summed E-state index contributed by atoms with van der Waals surface area (Å²) in [6.45, 7) is 1.81. The molecular weight excluding hydrogens is 346 g/mol. The molecule has 0 aliphatic carbocycles. The quantitative estimate of drug-likeness (QED) is 0.762. The van der Waals surface area contributed by atoms with Crippen LogP contribution in [-0.4, -0.2) is 25.5 Å². The zero-order valence-corrected chi connectivity index (χ0v) is 13.2. The number of benzene rings is 1. The molecule has 7 heteroatoms. The van der Waals surface area contributed by atoms with E-state index < -0.39 is 16.0 Å². The van der Waals surface area contributed by atoms with Crippen LogP contribution in [0.15, 0.2) is 27.6 Å². The second kappa shape index (κ2) is 6.88. The van der Waals surface area contributed by atoms with Gasteiger partial charge in [-0.15, -0.1) is 12.3 Å². The maximum absolute atomic E-state index is 12.3. The number of hydrogen-bond acceptors (Lipinski definition) is 3. The Morgan fingerprint density at radius 2 is 2.20 bits per heavy atom. The van der Waals surface area contributed by atoms with Gasteiger partial charge >= 0.3 is 5.97 Å². The van der Waals surface area contributed by atoms with E-state index in [0.717, 1.165) is 6.07 Å². The fraction of sp³-hybridized carbons (Fsp3) is 0.308. The molecule has 5 nitrogen and oxygen atoms in total. The molecule has 0 aliphatic rings. The van der Waals surface area contributed by atoms with Crippen molar-refractivity contribution in [2.45, 2.75) is 30.7 Å². The number of terminal acetylenes is 1. The minimum absolute atomic E-state index is 0.0985. The Hall–Kier alpha value is -1.36. The van der Waals surface area contributed by atoms with Crippen molar-refractivity contribution in [1.29, 1.82) is 0 Å². The molecular formula is C13H14BrNO4S. The Labute approximate surface area is 126 Å². The highest BCUT2D eigenvalue weighted by Gasteiger charge is 2.22. The number of carboxylic acid groups (broad SMARTS) is 1. The number of aromatic carboxylic acids is 1. The van der Waals surface area contributed by atoms with E-state index in [9.17, 15) is 13.2 Å². The van der Waals surface area contributed by atoms with Crippen LogP contribution in [0.25, 0.3) is 0 Å². The first-order valence-corrected chi connectivity index (χ1v) is 8.08. The molecule has 1 aromatic carbocycles. The second-order valence-electron chi connectivity index (χ2n) is 4.09. The van der Waals surface area contributed by atoms with Crippen LogP contribution >= 0.6 is 15.9 Å². The van der Waals surface area contributed by atoms with Crippen LogP contribution in [0.2, 0.25) is 0 Å². The fourth-order valence-corrected chi connectivity index (χ4v) is 3.85. The molecule has 20 heavy (non-hydrogen) atoms. The van der Waals surface area contributed by atoms with E-state index in [4.69, 9.17) is 11.5 Å². The van der Waals surface area contributed by atoms with Gasteiger partial charge in [-0.2, -0.15) is 0 Å². The van der Waals surface area contributed by atoms with Crippen molar-refractivity contribution in [1.82, 2.24) is 4.72 Å². The highest BCUT2D eigenvalue weighted by Crippen LogP contribution is 2.23. The average Bonchev–Trinajstić information content (AvgIpc) is 2.37. The molecule has 0 saturated carbocycles. The maximum atomic E-state index is 12.3. The second-order valence-corrected chi connectivity index (χ2v) is 6.62. The molecule has 1 rings (SSSR count). The highest BCUT2D eigenvalue weighted by atomic mass is 79.9. The Morgan fingerprint density at radius 3 is 2.70 bits per heavy atom. The van der Waals surface area contributed by atoms with E-state index in [2.05, 4.69) is 26.6 Å². The molecule has 108 valence electrons. The molecule has 0 radical (unpaired) electrons. The van der Waals surface area contributed by atoms with Gasteiger partial charge in [0.25, 0.3) is 0 Å². The van der Waals surface area contributed by atoms with Crippen molar-refractivity contribution < 1.29 is 18.3 Å². The summed E-state index contributed by atoms with van der Waals surface area (Å²) < 4.78 is 27.3. The van der Waals surface area contributed by atoms with Crippen LogP contribution in [-0.2, 0) is 10.0 Å². The van der Waals surface area contributed by atoms with Crippen LogP contribution in [0.1, 0.15) is 30.1 Å². The van der Waals surface area contributed by atoms with E-state index in [1.54, 1.807) is 0 Å². The molecule has 0 heterocycles. The lowest BCUT2D eigenvalue weighted by atomic mass is 10.2. The van der Waals surface area contributed by atoms with E-state index in [1.165, 1.54) is 12.1 Å². The van der Waals surface area contributed by atoms with Gasteiger partial charge in [0.05, 0.1) is 10.5 Å². The number of sulfonamides is 1. The molecule has 0 spiro atoms. The van der Waals surface area contributed by atoms with E-state index in [0.29, 0.717) is 10.9 Å². The third-order valence-corrected chi connectivity index (χ3v) is 5.16. The van der Waals surface area contributed by atoms with Crippen molar-refractivity contribution in [2.75, 3.05) is 0 Å².